The van der Waals surface area contributed by atoms with Gasteiger partial charge in [0.2, 0.25) is 0 Å². The van der Waals surface area contributed by atoms with Crippen molar-refractivity contribution in [2.45, 2.75) is 35.1 Å². The lowest BCUT2D eigenvalue weighted by atomic mass is 10.0. The fourth-order valence-corrected chi connectivity index (χ4v) is 4.85. The number of aryl methyl sites for hydroxylation is 1. The summed E-state index contributed by atoms with van der Waals surface area (Å²) in [7, 11) is 1.64. The maximum absolute atomic E-state index is 12.1. The molecule has 1 aliphatic rings. The molecule has 1 N–H and O–H groups in total. The van der Waals surface area contributed by atoms with Crippen molar-refractivity contribution in [2.75, 3.05) is 0 Å². The number of aromatic nitrogens is 2. The second kappa shape index (κ2) is 7.73. The SMILES string of the molecule is O=c1[nH]c(SCc2ccc(-c3ccc(S(=O)(=O)Cl)cc3)cc2)nc2c1CCC2. The van der Waals surface area contributed by atoms with Crippen molar-refractivity contribution in [3.63, 3.8) is 0 Å². The molecule has 5 nitrogen and oxygen atoms in total. The van der Waals surface area contributed by atoms with E-state index in [0.717, 1.165) is 47.2 Å². The summed E-state index contributed by atoms with van der Waals surface area (Å²) in [6, 6.07) is 14.5. The van der Waals surface area contributed by atoms with Gasteiger partial charge in [-0.2, -0.15) is 0 Å². The van der Waals surface area contributed by atoms with Crippen molar-refractivity contribution in [1.29, 1.82) is 0 Å². The van der Waals surface area contributed by atoms with Crippen LogP contribution >= 0.6 is 22.4 Å². The first-order valence-corrected chi connectivity index (χ1v) is 12.1. The molecule has 0 atom stereocenters. The van der Waals surface area contributed by atoms with Crippen molar-refractivity contribution in [2.24, 2.45) is 0 Å². The molecular weight excluding hydrogens is 416 g/mol. The Morgan fingerprint density at radius 3 is 2.29 bits per heavy atom. The van der Waals surface area contributed by atoms with E-state index in [1.54, 1.807) is 12.1 Å². The van der Waals surface area contributed by atoms with Crippen molar-refractivity contribution in [1.82, 2.24) is 9.97 Å². The van der Waals surface area contributed by atoms with E-state index in [1.165, 1.54) is 23.9 Å². The molecule has 1 aromatic heterocycles. The van der Waals surface area contributed by atoms with Gasteiger partial charge in [-0.1, -0.05) is 48.2 Å². The topological polar surface area (TPSA) is 79.9 Å². The van der Waals surface area contributed by atoms with Crippen LogP contribution in [0.3, 0.4) is 0 Å². The summed E-state index contributed by atoms with van der Waals surface area (Å²) in [6.07, 6.45) is 2.70. The lowest BCUT2D eigenvalue weighted by Crippen LogP contribution is -2.14. The van der Waals surface area contributed by atoms with Gasteiger partial charge in [-0.3, -0.25) is 4.79 Å². The minimum Gasteiger partial charge on any atom is -0.301 e. The Bertz CT molecular complexity index is 1170. The highest BCUT2D eigenvalue weighted by molar-refractivity contribution is 8.13. The third kappa shape index (κ3) is 4.16. The number of halogens is 1. The quantitative estimate of drug-likeness (QED) is 0.372. The Morgan fingerprint density at radius 1 is 1.00 bits per heavy atom. The van der Waals surface area contributed by atoms with E-state index >= 15 is 0 Å². The number of thioether (sulfide) groups is 1. The van der Waals surface area contributed by atoms with Crippen molar-refractivity contribution in [3.8, 4) is 11.1 Å². The van der Waals surface area contributed by atoms with E-state index < -0.39 is 9.05 Å². The molecule has 28 heavy (non-hydrogen) atoms. The summed E-state index contributed by atoms with van der Waals surface area (Å²) in [5.74, 6) is 0.700. The van der Waals surface area contributed by atoms with Gasteiger partial charge in [-0.05, 0) is 48.1 Å². The summed E-state index contributed by atoms with van der Waals surface area (Å²) in [5, 5.41) is 0.660. The zero-order valence-corrected chi connectivity index (χ0v) is 17.2. The predicted molar refractivity (Wildman–Crippen MR) is 111 cm³/mol. The minimum absolute atomic E-state index is 0.0113. The first-order chi connectivity index (χ1) is 13.4. The van der Waals surface area contributed by atoms with Gasteiger partial charge in [0.15, 0.2) is 5.16 Å². The monoisotopic (exact) mass is 432 g/mol. The lowest BCUT2D eigenvalue weighted by Gasteiger charge is -2.06. The number of benzene rings is 2. The van der Waals surface area contributed by atoms with Crippen LogP contribution < -0.4 is 5.56 Å². The highest BCUT2D eigenvalue weighted by Crippen LogP contribution is 2.26. The van der Waals surface area contributed by atoms with E-state index in [9.17, 15) is 13.2 Å². The molecule has 0 bridgehead atoms. The Labute approximate surface area is 171 Å². The molecule has 1 aliphatic carbocycles. The van der Waals surface area contributed by atoms with Gasteiger partial charge in [-0.15, -0.1) is 0 Å². The molecule has 0 saturated carbocycles. The average Bonchev–Trinajstić information content (AvgIpc) is 3.15. The van der Waals surface area contributed by atoms with Crippen LogP contribution in [0.25, 0.3) is 11.1 Å². The maximum atomic E-state index is 12.1. The van der Waals surface area contributed by atoms with Crippen LogP contribution in [0.1, 0.15) is 23.2 Å². The molecule has 0 unspecified atom stereocenters. The molecule has 0 fully saturated rings. The second-order valence-corrected chi connectivity index (χ2v) is 10.1. The van der Waals surface area contributed by atoms with Crippen LogP contribution in [0.15, 0.2) is 63.4 Å². The van der Waals surface area contributed by atoms with Gasteiger partial charge in [-0.25, -0.2) is 13.4 Å². The smallest absolute Gasteiger partial charge is 0.261 e. The standard InChI is InChI=1S/C20H17ClN2O3S2/c21-28(25,26)16-10-8-15(9-11-16)14-6-4-13(5-7-14)12-27-20-22-18-3-1-2-17(18)19(24)23-20/h4-11H,1-3,12H2,(H,22,23,24). The third-order valence-electron chi connectivity index (χ3n) is 4.72. The number of nitrogens with one attached hydrogen (secondary N) is 1. The maximum Gasteiger partial charge on any atom is 0.261 e. The van der Waals surface area contributed by atoms with E-state index in [-0.39, 0.29) is 10.5 Å². The molecule has 0 radical (unpaired) electrons. The normalized spacial score (nSPS) is 13.5. The third-order valence-corrected chi connectivity index (χ3v) is 7.03. The van der Waals surface area contributed by atoms with E-state index in [0.29, 0.717) is 10.9 Å². The summed E-state index contributed by atoms with van der Waals surface area (Å²) < 4.78 is 22.7. The zero-order valence-electron chi connectivity index (χ0n) is 14.8. The molecule has 0 saturated heterocycles. The molecule has 8 heteroatoms. The van der Waals surface area contributed by atoms with Crippen molar-refractivity contribution >= 4 is 31.5 Å². The number of hydrogen-bond acceptors (Lipinski definition) is 5. The van der Waals surface area contributed by atoms with Crippen LogP contribution in [0.2, 0.25) is 0 Å². The molecule has 0 amide bonds. The molecule has 0 aliphatic heterocycles. The number of hydrogen-bond donors (Lipinski definition) is 1. The Kier molecular flexibility index (Phi) is 5.31. The molecule has 4 rings (SSSR count). The Morgan fingerprint density at radius 2 is 1.64 bits per heavy atom. The van der Waals surface area contributed by atoms with Crippen LogP contribution in [0.5, 0.6) is 0 Å². The van der Waals surface area contributed by atoms with Crippen LogP contribution in [-0.2, 0) is 27.6 Å². The molecule has 3 aromatic rings. The van der Waals surface area contributed by atoms with E-state index in [1.807, 2.05) is 24.3 Å². The highest BCUT2D eigenvalue weighted by Gasteiger charge is 2.17. The summed E-state index contributed by atoms with van der Waals surface area (Å²) >= 11 is 1.51. The Balaban J connectivity index is 1.45. The first-order valence-electron chi connectivity index (χ1n) is 8.79. The van der Waals surface area contributed by atoms with Crippen molar-refractivity contribution < 1.29 is 8.42 Å². The molecule has 1 heterocycles. The van der Waals surface area contributed by atoms with Gasteiger partial charge >= 0.3 is 0 Å². The molecular formula is C20H17ClN2O3S2. The molecule has 144 valence electrons. The van der Waals surface area contributed by atoms with E-state index in [4.69, 9.17) is 10.7 Å². The summed E-state index contributed by atoms with van der Waals surface area (Å²) in [5.41, 5.74) is 4.76. The fourth-order valence-electron chi connectivity index (χ4n) is 3.24. The minimum atomic E-state index is -3.71. The molecule has 0 spiro atoms. The largest absolute Gasteiger partial charge is 0.301 e. The van der Waals surface area contributed by atoms with Gasteiger partial charge in [0.1, 0.15) is 0 Å². The van der Waals surface area contributed by atoms with Gasteiger partial charge in [0.05, 0.1) is 10.6 Å². The predicted octanol–water partition coefficient (Wildman–Crippen LogP) is 4.15. The Hall–Kier alpha value is -2.09. The second-order valence-electron chi connectivity index (χ2n) is 6.60. The molecule has 2 aromatic carbocycles. The van der Waals surface area contributed by atoms with Crippen LogP contribution in [0.4, 0.5) is 0 Å². The zero-order chi connectivity index (χ0) is 19.7. The number of rotatable bonds is 5. The summed E-state index contributed by atoms with van der Waals surface area (Å²) in [6.45, 7) is 0. The van der Waals surface area contributed by atoms with Gasteiger partial charge in [0, 0.05) is 22.0 Å². The number of H-pyrrole nitrogens is 1. The number of nitrogens with zero attached hydrogens (tertiary/aromatic N) is 1. The first kappa shape index (κ1) is 19.2. The number of fused-ring (bicyclic) bond motifs is 1. The van der Waals surface area contributed by atoms with E-state index in [2.05, 4.69) is 9.97 Å². The average molecular weight is 433 g/mol. The van der Waals surface area contributed by atoms with Gasteiger partial charge < -0.3 is 4.98 Å². The van der Waals surface area contributed by atoms with Crippen molar-refractivity contribution in [3.05, 3.63) is 75.7 Å². The number of aromatic amines is 1. The van der Waals surface area contributed by atoms with Gasteiger partial charge in [0.25, 0.3) is 14.6 Å². The van der Waals surface area contributed by atoms with Crippen LogP contribution in [0, 0.1) is 0 Å². The summed E-state index contributed by atoms with van der Waals surface area (Å²) in [4.78, 5) is 19.6. The highest BCUT2D eigenvalue weighted by atomic mass is 35.7. The fraction of sp³-hybridized carbons (Fsp3) is 0.200. The lowest BCUT2D eigenvalue weighted by molar-refractivity contribution is 0.609. The van der Waals surface area contributed by atoms with Crippen LogP contribution in [-0.4, -0.2) is 18.4 Å².